The molecule has 0 aliphatic carbocycles. The zero-order chi connectivity index (χ0) is 8.55. The van der Waals surface area contributed by atoms with Gasteiger partial charge in [0.2, 0.25) is 0 Å². The van der Waals surface area contributed by atoms with Crippen molar-refractivity contribution in [3.63, 3.8) is 0 Å². The summed E-state index contributed by atoms with van der Waals surface area (Å²) in [5.41, 5.74) is 0.834. The van der Waals surface area contributed by atoms with Crippen molar-refractivity contribution in [3.05, 3.63) is 22.8 Å². The Morgan fingerprint density at radius 3 is 3.08 bits per heavy atom. The van der Waals surface area contributed by atoms with E-state index in [9.17, 15) is 0 Å². The van der Waals surface area contributed by atoms with Crippen LogP contribution in [0.2, 0.25) is 0 Å². The number of fused-ring (bicyclic) bond motifs is 1. The Kier molecular flexibility index (Phi) is 1.77. The van der Waals surface area contributed by atoms with Crippen molar-refractivity contribution in [2.45, 2.75) is 0 Å². The average molecular weight is 227 g/mol. The molecule has 3 nitrogen and oxygen atoms in total. The zero-order valence-electron chi connectivity index (χ0n) is 6.47. The van der Waals surface area contributed by atoms with E-state index in [-0.39, 0.29) is 0 Å². The summed E-state index contributed by atoms with van der Waals surface area (Å²) in [6.07, 6.45) is 1.74. The number of halogens is 1. The molecule has 0 atom stereocenters. The third kappa shape index (κ3) is 1.08. The molecule has 2 rings (SSSR count). The summed E-state index contributed by atoms with van der Waals surface area (Å²) in [5, 5.41) is 1.04. The lowest BCUT2D eigenvalue weighted by Crippen LogP contribution is -1.80. The van der Waals surface area contributed by atoms with Gasteiger partial charge in [-0.05, 0) is 22.0 Å². The first-order valence-corrected chi connectivity index (χ1v) is 4.28. The molecule has 0 aliphatic heterocycles. The number of methoxy groups -OCH3 is 1. The molecule has 62 valence electrons. The molecule has 0 radical (unpaired) electrons. The minimum Gasteiger partial charge on any atom is -0.482 e. The van der Waals surface area contributed by atoms with Crippen LogP contribution in [0.5, 0.6) is 5.88 Å². The summed E-state index contributed by atoms with van der Waals surface area (Å²) in [5.74, 6) is 0.726. The quantitative estimate of drug-likeness (QED) is 0.811. The predicted molar refractivity (Wildman–Crippen MR) is 50.3 cm³/mol. The fourth-order valence-corrected chi connectivity index (χ4v) is 1.50. The Hall–Kier alpha value is -1.03. The van der Waals surface area contributed by atoms with Crippen LogP contribution in [0.25, 0.3) is 11.0 Å². The molecule has 12 heavy (non-hydrogen) atoms. The minimum atomic E-state index is 0.726. The molecule has 4 heteroatoms. The SMILES string of the molecule is COc1cc2c(Br)ccnc2[nH]1. The Labute approximate surface area is 77.9 Å². The molecular weight excluding hydrogens is 220 g/mol. The Bertz CT molecular complexity index is 410. The van der Waals surface area contributed by atoms with E-state index in [0.29, 0.717) is 0 Å². The van der Waals surface area contributed by atoms with Gasteiger partial charge in [0.1, 0.15) is 5.65 Å². The van der Waals surface area contributed by atoms with Gasteiger partial charge >= 0.3 is 0 Å². The van der Waals surface area contributed by atoms with Gasteiger partial charge in [-0.25, -0.2) is 4.98 Å². The molecule has 0 bridgehead atoms. The van der Waals surface area contributed by atoms with Crippen LogP contribution in [-0.4, -0.2) is 17.1 Å². The number of aromatic nitrogens is 2. The first-order chi connectivity index (χ1) is 5.81. The highest BCUT2D eigenvalue weighted by atomic mass is 79.9. The molecule has 0 spiro atoms. The highest BCUT2D eigenvalue weighted by molar-refractivity contribution is 9.10. The van der Waals surface area contributed by atoms with Gasteiger partial charge < -0.3 is 9.72 Å². The number of hydrogen-bond donors (Lipinski definition) is 1. The maximum Gasteiger partial charge on any atom is 0.192 e. The third-order valence-electron chi connectivity index (χ3n) is 1.67. The van der Waals surface area contributed by atoms with E-state index in [0.717, 1.165) is 21.4 Å². The first-order valence-electron chi connectivity index (χ1n) is 3.48. The van der Waals surface area contributed by atoms with Crippen molar-refractivity contribution in [2.24, 2.45) is 0 Å². The molecule has 0 saturated heterocycles. The molecule has 0 fully saturated rings. The largest absolute Gasteiger partial charge is 0.482 e. The molecule has 0 unspecified atom stereocenters. The first kappa shape index (κ1) is 7.61. The number of nitrogens with one attached hydrogen (secondary N) is 1. The number of rotatable bonds is 1. The van der Waals surface area contributed by atoms with Gasteiger partial charge in [0, 0.05) is 22.1 Å². The molecule has 0 aliphatic rings. The Morgan fingerprint density at radius 2 is 2.42 bits per heavy atom. The fraction of sp³-hybridized carbons (Fsp3) is 0.125. The maximum absolute atomic E-state index is 5.04. The van der Waals surface area contributed by atoms with Gasteiger partial charge in [0.05, 0.1) is 7.11 Å². The zero-order valence-corrected chi connectivity index (χ0v) is 8.05. The third-order valence-corrected chi connectivity index (χ3v) is 2.37. The van der Waals surface area contributed by atoms with E-state index in [1.165, 1.54) is 0 Å². The van der Waals surface area contributed by atoms with E-state index >= 15 is 0 Å². The molecule has 2 heterocycles. The van der Waals surface area contributed by atoms with Gasteiger partial charge in [-0.15, -0.1) is 0 Å². The van der Waals surface area contributed by atoms with Crippen LogP contribution in [-0.2, 0) is 0 Å². The van der Waals surface area contributed by atoms with Gasteiger partial charge in [-0.1, -0.05) is 0 Å². The number of hydrogen-bond acceptors (Lipinski definition) is 2. The summed E-state index contributed by atoms with van der Waals surface area (Å²) in [7, 11) is 1.62. The topological polar surface area (TPSA) is 37.9 Å². The minimum absolute atomic E-state index is 0.726. The van der Waals surface area contributed by atoms with Gasteiger partial charge in [-0.3, -0.25) is 0 Å². The summed E-state index contributed by atoms with van der Waals surface area (Å²) >= 11 is 3.42. The fourth-order valence-electron chi connectivity index (χ4n) is 1.08. The highest BCUT2D eigenvalue weighted by Crippen LogP contribution is 2.25. The Morgan fingerprint density at radius 1 is 1.58 bits per heavy atom. The number of ether oxygens (including phenoxy) is 1. The predicted octanol–water partition coefficient (Wildman–Crippen LogP) is 2.33. The second-order valence-electron chi connectivity index (χ2n) is 2.39. The average Bonchev–Trinajstić information content (AvgIpc) is 2.49. The second kappa shape index (κ2) is 2.79. The highest BCUT2D eigenvalue weighted by Gasteiger charge is 2.03. The lowest BCUT2D eigenvalue weighted by atomic mass is 10.3. The summed E-state index contributed by atoms with van der Waals surface area (Å²) in [6, 6.07) is 3.81. The number of nitrogens with zero attached hydrogens (tertiary/aromatic N) is 1. The van der Waals surface area contributed by atoms with Crippen LogP contribution in [0.4, 0.5) is 0 Å². The van der Waals surface area contributed by atoms with Crippen LogP contribution >= 0.6 is 15.9 Å². The van der Waals surface area contributed by atoms with Crippen LogP contribution < -0.4 is 4.74 Å². The molecule has 2 aromatic heterocycles. The van der Waals surface area contributed by atoms with E-state index < -0.39 is 0 Å². The number of aromatic amines is 1. The lowest BCUT2D eigenvalue weighted by Gasteiger charge is -1.89. The lowest BCUT2D eigenvalue weighted by molar-refractivity contribution is 0.401. The van der Waals surface area contributed by atoms with Crippen molar-refractivity contribution in [3.8, 4) is 5.88 Å². The standard InChI is InChI=1S/C8H7BrN2O/c1-12-7-4-5-6(9)2-3-10-8(5)11-7/h2-4H,1H3,(H,10,11). The Balaban J connectivity index is 2.74. The van der Waals surface area contributed by atoms with Gasteiger partial charge in [0.15, 0.2) is 5.88 Å². The van der Waals surface area contributed by atoms with E-state index in [4.69, 9.17) is 4.74 Å². The summed E-state index contributed by atoms with van der Waals surface area (Å²) in [6.45, 7) is 0. The van der Waals surface area contributed by atoms with Crippen molar-refractivity contribution in [1.82, 2.24) is 9.97 Å². The number of H-pyrrole nitrogens is 1. The number of pyridine rings is 1. The summed E-state index contributed by atoms with van der Waals surface area (Å²) < 4.78 is 6.06. The van der Waals surface area contributed by atoms with Crippen LogP contribution in [0.3, 0.4) is 0 Å². The normalized spacial score (nSPS) is 10.5. The smallest absolute Gasteiger partial charge is 0.192 e. The maximum atomic E-state index is 5.04. The van der Waals surface area contributed by atoms with Crippen molar-refractivity contribution >= 4 is 27.0 Å². The van der Waals surface area contributed by atoms with Crippen molar-refractivity contribution < 1.29 is 4.74 Å². The van der Waals surface area contributed by atoms with Crippen molar-refractivity contribution in [2.75, 3.05) is 7.11 Å². The molecule has 0 saturated carbocycles. The van der Waals surface area contributed by atoms with E-state index in [2.05, 4.69) is 25.9 Å². The van der Waals surface area contributed by atoms with E-state index in [1.54, 1.807) is 13.3 Å². The molecular formula is C8H7BrN2O. The molecule has 0 amide bonds. The van der Waals surface area contributed by atoms with Gasteiger partial charge in [0.25, 0.3) is 0 Å². The molecule has 0 aromatic carbocycles. The second-order valence-corrected chi connectivity index (χ2v) is 3.25. The van der Waals surface area contributed by atoms with Crippen LogP contribution in [0.1, 0.15) is 0 Å². The van der Waals surface area contributed by atoms with Gasteiger partial charge in [-0.2, -0.15) is 0 Å². The molecule has 2 aromatic rings. The monoisotopic (exact) mass is 226 g/mol. The summed E-state index contributed by atoms with van der Waals surface area (Å²) in [4.78, 5) is 7.17. The molecule has 1 N–H and O–H groups in total. The van der Waals surface area contributed by atoms with Crippen molar-refractivity contribution in [1.29, 1.82) is 0 Å². The van der Waals surface area contributed by atoms with Crippen LogP contribution in [0.15, 0.2) is 22.8 Å². The van der Waals surface area contributed by atoms with Crippen LogP contribution in [0, 0.1) is 0 Å². The van der Waals surface area contributed by atoms with E-state index in [1.807, 2.05) is 12.1 Å².